The maximum absolute atomic E-state index is 12.7. The summed E-state index contributed by atoms with van der Waals surface area (Å²) >= 11 is 0. The van der Waals surface area contributed by atoms with Gasteiger partial charge in [-0.05, 0) is 48.7 Å². The van der Waals surface area contributed by atoms with Crippen molar-refractivity contribution >= 4 is 17.5 Å². The Morgan fingerprint density at radius 1 is 1.16 bits per heavy atom. The lowest BCUT2D eigenvalue weighted by Crippen LogP contribution is -2.25. The molecule has 1 amide bonds. The molecule has 1 aliphatic rings. The Balaban J connectivity index is 1.52. The summed E-state index contributed by atoms with van der Waals surface area (Å²) in [6.45, 7) is 5.06. The number of carbonyl (C=O) groups is 1. The van der Waals surface area contributed by atoms with E-state index in [0.717, 1.165) is 28.1 Å². The first kappa shape index (κ1) is 20.7. The van der Waals surface area contributed by atoms with Crippen LogP contribution in [0.25, 0.3) is 0 Å². The number of aryl methyl sites for hydroxylation is 1. The first-order valence-electron chi connectivity index (χ1n) is 10.3. The van der Waals surface area contributed by atoms with Crippen molar-refractivity contribution in [2.24, 2.45) is 0 Å². The van der Waals surface area contributed by atoms with Gasteiger partial charge in [0, 0.05) is 37.2 Å². The largest absolute Gasteiger partial charge is 0.497 e. The number of anilines is 2. The predicted molar refractivity (Wildman–Crippen MR) is 121 cm³/mol. The predicted octanol–water partition coefficient (Wildman–Crippen LogP) is 3.53. The summed E-state index contributed by atoms with van der Waals surface area (Å²) < 4.78 is 5.25. The Morgan fingerprint density at radius 2 is 1.97 bits per heavy atom. The van der Waals surface area contributed by atoms with Crippen molar-refractivity contribution in [1.29, 1.82) is 0 Å². The van der Waals surface area contributed by atoms with E-state index < -0.39 is 0 Å². The highest BCUT2D eigenvalue weighted by molar-refractivity contribution is 5.97. The lowest BCUT2D eigenvalue weighted by Gasteiger charge is -2.20. The molecule has 0 unspecified atom stereocenters. The van der Waals surface area contributed by atoms with E-state index in [-0.39, 0.29) is 17.4 Å². The van der Waals surface area contributed by atoms with Gasteiger partial charge in [0.2, 0.25) is 11.9 Å². The maximum Gasteiger partial charge on any atom is 0.252 e. The fourth-order valence-corrected chi connectivity index (χ4v) is 3.90. The summed E-state index contributed by atoms with van der Waals surface area (Å²) in [5, 5.41) is 3.17. The monoisotopic (exact) mass is 418 g/mol. The van der Waals surface area contributed by atoms with E-state index >= 15 is 0 Å². The van der Waals surface area contributed by atoms with Crippen molar-refractivity contribution in [3.63, 3.8) is 0 Å². The normalized spacial score (nSPS) is 15.9. The number of benzene rings is 2. The van der Waals surface area contributed by atoms with Crippen LogP contribution in [0.2, 0.25) is 0 Å². The van der Waals surface area contributed by atoms with E-state index in [1.54, 1.807) is 12.0 Å². The Morgan fingerprint density at radius 3 is 2.77 bits per heavy atom. The molecule has 1 atom stereocenters. The summed E-state index contributed by atoms with van der Waals surface area (Å²) in [6, 6.07) is 15.1. The van der Waals surface area contributed by atoms with E-state index in [1.165, 1.54) is 6.07 Å². The lowest BCUT2D eigenvalue weighted by molar-refractivity contribution is -0.117. The standard InChI is InChI=1S/C24H26N4O3/c1-15-6-4-9-21(16(15)2)28-14-18(11-23(28)30)20-12-22(29)27-24(26-20)25-13-17-7-5-8-19(10-17)31-3/h4-10,12,18H,11,13-14H2,1-3H3,(H2,25,26,27,29)/t18-/m1/s1. The van der Waals surface area contributed by atoms with Crippen LogP contribution in [-0.2, 0) is 11.3 Å². The molecule has 1 aliphatic heterocycles. The summed E-state index contributed by atoms with van der Waals surface area (Å²) in [6.07, 6.45) is 0.332. The summed E-state index contributed by atoms with van der Waals surface area (Å²) in [4.78, 5) is 34.1. The topological polar surface area (TPSA) is 87.3 Å². The second-order valence-corrected chi connectivity index (χ2v) is 7.85. The van der Waals surface area contributed by atoms with E-state index in [4.69, 9.17) is 4.74 Å². The van der Waals surface area contributed by atoms with Crippen LogP contribution in [0.1, 0.15) is 34.7 Å². The van der Waals surface area contributed by atoms with Gasteiger partial charge in [-0.25, -0.2) is 4.98 Å². The third-order valence-corrected chi connectivity index (χ3v) is 5.77. The van der Waals surface area contributed by atoms with Crippen LogP contribution in [0.4, 0.5) is 11.6 Å². The SMILES string of the molecule is COc1cccc(CNc2nc([C@@H]3CC(=O)N(c4cccc(C)c4C)C3)cc(=O)[nH]2)c1. The van der Waals surface area contributed by atoms with Gasteiger partial charge in [-0.2, -0.15) is 0 Å². The van der Waals surface area contributed by atoms with Gasteiger partial charge in [0.1, 0.15) is 5.75 Å². The molecule has 0 saturated carbocycles. The molecule has 7 heteroatoms. The zero-order valence-corrected chi connectivity index (χ0v) is 17.9. The number of methoxy groups -OCH3 is 1. The molecule has 3 aromatic rings. The zero-order valence-electron chi connectivity index (χ0n) is 17.9. The second-order valence-electron chi connectivity index (χ2n) is 7.85. The summed E-state index contributed by atoms with van der Waals surface area (Å²) in [5.74, 6) is 1.08. The molecule has 2 aromatic carbocycles. The Hall–Kier alpha value is -3.61. The van der Waals surface area contributed by atoms with Gasteiger partial charge in [0.05, 0.1) is 12.8 Å². The van der Waals surface area contributed by atoms with Crippen molar-refractivity contribution in [3.8, 4) is 5.75 Å². The van der Waals surface area contributed by atoms with Crippen molar-refractivity contribution in [2.75, 3.05) is 23.9 Å². The quantitative estimate of drug-likeness (QED) is 0.640. The molecule has 7 nitrogen and oxygen atoms in total. The van der Waals surface area contributed by atoms with Gasteiger partial charge >= 0.3 is 0 Å². The number of carbonyl (C=O) groups excluding carboxylic acids is 1. The van der Waals surface area contributed by atoms with E-state index in [1.807, 2.05) is 56.3 Å². The first-order valence-corrected chi connectivity index (χ1v) is 10.3. The Bertz CT molecular complexity index is 1170. The number of rotatable bonds is 6. The third kappa shape index (κ3) is 4.45. The van der Waals surface area contributed by atoms with Crippen LogP contribution in [0.15, 0.2) is 53.3 Å². The Labute approximate surface area is 181 Å². The first-order chi connectivity index (χ1) is 14.9. The molecule has 1 saturated heterocycles. The third-order valence-electron chi connectivity index (χ3n) is 5.77. The Kier molecular flexibility index (Phi) is 5.75. The molecular weight excluding hydrogens is 392 g/mol. The van der Waals surface area contributed by atoms with E-state index in [0.29, 0.717) is 31.2 Å². The van der Waals surface area contributed by atoms with Crippen molar-refractivity contribution < 1.29 is 9.53 Å². The maximum atomic E-state index is 12.7. The molecule has 1 fully saturated rings. The minimum absolute atomic E-state index is 0.0478. The number of aromatic amines is 1. The van der Waals surface area contributed by atoms with Gasteiger partial charge < -0.3 is 15.0 Å². The van der Waals surface area contributed by atoms with Crippen LogP contribution < -0.4 is 20.5 Å². The van der Waals surface area contributed by atoms with Crippen molar-refractivity contribution in [3.05, 3.63) is 81.3 Å². The number of amides is 1. The van der Waals surface area contributed by atoms with Gasteiger partial charge in [0.15, 0.2) is 0 Å². The molecule has 4 rings (SSSR count). The van der Waals surface area contributed by atoms with Gasteiger partial charge in [0.25, 0.3) is 5.56 Å². The molecule has 31 heavy (non-hydrogen) atoms. The van der Waals surface area contributed by atoms with E-state index in [2.05, 4.69) is 15.3 Å². The number of H-pyrrole nitrogens is 1. The lowest BCUT2D eigenvalue weighted by atomic mass is 10.0. The number of nitrogens with zero attached hydrogens (tertiary/aromatic N) is 2. The van der Waals surface area contributed by atoms with Crippen LogP contribution in [0, 0.1) is 13.8 Å². The average molecular weight is 418 g/mol. The molecule has 1 aromatic heterocycles. The molecule has 2 heterocycles. The highest BCUT2D eigenvalue weighted by Crippen LogP contribution is 2.33. The second kappa shape index (κ2) is 8.63. The van der Waals surface area contributed by atoms with Gasteiger partial charge in [-0.3, -0.25) is 14.6 Å². The number of nitrogens with one attached hydrogen (secondary N) is 2. The van der Waals surface area contributed by atoms with Crippen molar-refractivity contribution in [1.82, 2.24) is 9.97 Å². The molecule has 2 N–H and O–H groups in total. The highest BCUT2D eigenvalue weighted by Gasteiger charge is 2.33. The zero-order chi connectivity index (χ0) is 22.0. The van der Waals surface area contributed by atoms with Gasteiger partial charge in [-0.15, -0.1) is 0 Å². The van der Waals surface area contributed by atoms with Crippen LogP contribution in [-0.4, -0.2) is 29.5 Å². The molecule has 160 valence electrons. The smallest absolute Gasteiger partial charge is 0.252 e. The highest BCUT2D eigenvalue weighted by atomic mass is 16.5. The number of aromatic nitrogens is 2. The average Bonchev–Trinajstić information content (AvgIpc) is 3.15. The summed E-state index contributed by atoms with van der Waals surface area (Å²) in [5.41, 5.74) is 4.55. The minimum Gasteiger partial charge on any atom is -0.497 e. The molecule has 0 bridgehead atoms. The number of hydrogen-bond donors (Lipinski definition) is 2. The van der Waals surface area contributed by atoms with E-state index in [9.17, 15) is 9.59 Å². The molecule has 0 radical (unpaired) electrons. The fraction of sp³-hybridized carbons (Fsp3) is 0.292. The van der Waals surface area contributed by atoms with Crippen LogP contribution >= 0.6 is 0 Å². The summed E-state index contributed by atoms with van der Waals surface area (Å²) in [7, 11) is 1.62. The van der Waals surface area contributed by atoms with Crippen LogP contribution in [0.5, 0.6) is 5.75 Å². The molecular formula is C24H26N4O3. The molecule has 0 aliphatic carbocycles. The van der Waals surface area contributed by atoms with Crippen LogP contribution in [0.3, 0.4) is 0 Å². The number of hydrogen-bond acceptors (Lipinski definition) is 5. The van der Waals surface area contributed by atoms with Crippen molar-refractivity contribution in [2.45, 2.75) is 32.7 Å². The fourth-order valence-electron chi connectivity index (χ4n) is 3.90. The molecule has 0 spiro atoms. The minimum atomic E-state index is -0.240. The number of ether oxygens (including phenoxy) is 1. The van der Waals surface area contributed by atoms with Gasteiger partial charge in [-0.1, -0.05) is 24.3 Å².